The molecule has 0 amide bonds. The maximum Gasteiger partial charge on any atom is 0.250 e. The quantitative estimate of drug-likeness (QED) is 0.681. The summed E-state index contributed by atoms with van der Waals surface area (Å²) in [7, 11) is 0. The molecule has 2 atom stereocenters. The van der Waals surface area contributed by atoms with Crippen molar-refractivity contribution in [3.05, 3.63) is 0 Å². The highest BCUT2D eigenvalue weighted by molar-refractivity contribution is 4.80. The van der Waals surface area contributed by atoms with Crippen molar-refractivity contribution in [3.63, 3.8) is 0 Å². The molecule has 4 heteroatoms. The first-order valence-electron chi connectivity index (χ1n) is 4.39. The van der Waals surface area contributed by atoms with Crippen LogP contribution in [0.25, 0.3) is 0 Å². The molecule has 1 aliphatic rings. The summed E-state index contributed by atoms with van der Waals surface area (Å²) in [6.07, 6.45) is 0.831. The predicted octanol–water partition coefficient (Wildman–Crippen LogP) is 1.14. The number of halogens is 2. The first-order valence-corrected chi connectivity index (χ1v) is 4.39. The number of aliphatic hydroxyl groups excluding tert-OH is 1. The molecule has 72 valence electrons. The Balaban J connectivity index is 2.20. The molecular formula is C8H15F2NO. The number of hydrogen-bond acceptors (Lipinski definition) is 2. The van der Waals surface area contributed by atoms with E-state index in [0.29, 0.717) is 0 Å². The zero-order valence-electron chi connectivity index (χ0n) is 6.97. The van der Waals surface area contributed by atoms with Crippen LogP contribution in [-0.2, 0) is 0 Å². The Hall–Kier alpha value is -0.220. The van der Waals surface area contributed by atoms with E-state index in [1.807, 2.05) is 0 Å². The Morgan fingerprint density at radius 2 is 2.00 bits per heavy atom. The molecule has 0 aromatic heterocycles. The summed E-state index contributed by atoms with van der Waals surface area (Å²) in [5.41, 5.74) is 0. The fourth-order valence-electron chi connectivity index (χ4n) is 1.59. The van der Waals surface area contributed by atoms with Gasteiger partial charge in [0.05, 0.1) is 12.6 Å². The van der Waals surface area contributed by atoms with E-state index in [2.05, 4.69) is 5.32 Å². The van der Waals surface area contributed by atoms with E-state index in [1.165, 1.54) is 0 Å². The third-order valence-corrected chi connectivity index (χ3v) is 2.26. The molecule has 0 bridgehead atoms. The molecular weight excluding hydrogens is 164 g/mol. The molecule has 0 radical (unpaired) electrons. The fourth-order valence-corrected chi connectivity index (χ4v) is 1.59. The normalized spacial score (nSPS) is 31.0. The second kappa shape index (κ2) is 4.72. The predicted molar refractivity (Wildman–Crippen MR) is 42.3 cm³/mol. The maximum atomic E-state index is 11.8. The van der Waals surface area contributed by atoms with Crippen LogP contribution >= 0.6 is 0 Å². The van der Waals surface area contributed by atoms with Gasteiger partial charge in [-0.15, -0.1) is 0 Å². The number of aliphatic hydroxyl groups is 1. The van der Waals surface area contributed by atoms with Crippen LogP contribution in [-0.4, -0.2) is 30.2 Å². The van der Waals surface area contributed by atoms with Crippen molar-refractivity contribution < 1.29 is 13.9 Å². The van der Waals surface area contributed by atoms with Gasteiger partial charge in [0.1, 0.15) is 0 Å². The minimum Gasteiger partial charge on any atom is -0.392 e. The van der Waals surface area contributed by atoms with Crippen molar-refractivity contribution in [2.24, 2.45) is 0 Å². The number of alkyl halides is 2. The third-order valence-electron chi connectivity index (χ3n) is 2.26. The van der Waals surface area contributed by atoms with E-state index in [4.69, 9.17) is 0 Å². The summed E-state index contributed by atoms with van der Waals surface area (Å²) in [6, 6.07) is -0.118. The first kappa shape index (κ1) is 9.86. The lowest BCUT2D eigenvalue weighted by molar-refractivity contribution is 0.0741. The Morgan fingerprint density at radius 1 is 1.33 bits per heavy atom. The van der Waals surface area contributed by atoms with Gasteiger partial charge in [-0.2, -0.15) is 0 Å². The summed E-state index contributed by atoms with van der Waals surface area (Å²) >= 11 is 0. The third kappa shape index (κ3) is 3.03. The van der Waals surface area contributed by atoms with Crippen molar-refractivity contribution in [2.75, 3.05) is 6.54 Å². The van der Waals surface area contributed by atoms with Crippen LogP contribution in [0.4, 0.5) is 8.78 Å². The van der Waals surface area contributed by atoms with Crippen LogP contribution in [0.1, 0.15) is 25.7 Å². The van der Waals surface area contributed by atoms with Gasteiger partial charge in [0.15, 0.2) is 0 Å². The van der Waals surface area contributed by atoms with E-state index in [1.54, 1.807) is 0 Å². The molecule has 0 heterocycles. The summed E-state index contributed by atoms with van der Waals surface area (Å²) in [5.74, 6) is 0. The molecule has 1 rings (SSSR count). The smallest absolute Gasteiger partial charge is 0.250 e. The molecule has 1 aliphatic carbocycles. The van der Waals surface area contributed by atoms with Crippen LogP contribution in [0.2, 0.25) is 0 Å². The number of rotatable bonds is 3. The zero-order chi connectivity index (χ0) is 8.97. The van der Waals surface area contributed by atoms with E-state index < -0.39 is 12.5 Å². The van der Waals surface area contributed by atoms with Crippen molar-refractivity contribution in [1.29, 1.82) is 0 Å². The molecule has 0 aromatic carbocycles. The van der Waals surface area contributed by atoms with Crippen LogP contribution < -0.4 is 5.32 Å². The van der Waals surface area contributed by atoms with Gasteiger partial charge in [-0.05, 0) is 12.8 Å². The van der Waals surface area contributed by atoms with E-state index in [0.717, 1.165) is 25.7 Å². The second-order valence-corrected chi connectivity index (χ2v) is 3.26. The first-order chi connectivity index (χ1) is 5.70. The molecule has 2 nitrogen and oxygen atoms in total. The minimum atomic E-state index is -2.32. The van der Waals surface area contributed by atoms with Gasteiger partial charge < -0.3 is 10.4 Å². The van der Waals surface area contributed by atoms with Gasteiger partial charge in [-0.3, -0.25) is 0 Å². The molecule has 1 fully saturated rings. The Kier molecular flexibility index (Phi) is 3.88. The van der Waals surface area contributed by atoms with Crippen molar-refractivity contribution in [3.8, 4) is 0 Å². The van der Waals surface area contributed by atoms with Gasteiger partial charge >= 0.3 is 0 Å². The highest BCUT2D eigenvalue weighted by Crippen LogP contribution is 2.18. The topological polar surface area (TPSA) is 32.3 Å². The van der Waals surface area contributed by atoms with E-state index >= 15 is 0 Å². The Labute approximate surface area is 71.0 Å². The average molecular weight is 179 g/mol. The number of hydrogen-bond donors (Lipinski definition) is 2. The van der Waals surface area contributed by atoms with Crippen LogP contribution in [0.3, 0.4) is 0 Å². The van der Waals surface area contributed by atoms with Crippen molar-refractivity contribution in [2.45, 2.75) is 44.3 Å². The van der Waals surface area contributed by atoms with E-state index in [-0.39, 0.29) is 12.6 Å². The summed E-state index contributed by atoms with van der Waals surface area (Å²) in [4.78, 5) is 0. The minimum absolute atomic E-state index is 0.118. The van der Waals surface area contributed by atoms with Gasteiger partial charge in [0, 0.05) is 6.04 Å². The lowest BCUT2D eigenvalue weighted by atomic mass is 9.93. The Morgan fingerprint density at radius 3 is 2.58 bits per heavy atom. The second-order valence-electron chi connectivity index (χ2n) is 3.26. The molecule has 0 aliphatic heterocycles. The van der Waals surface area contributed by atoms with Crippen LogP contribution in [0.5, 0.6) is 0 Å². The molecule has 0 aromatic rings. The van der Waals surface area contributed by atoms with Crippen molar-refractivity contribution in [1.82, 2.24) is 5.32 Å². The zero-order valence-corrected chi connectivity index (χ0v) is 6.97. The maximum absolute atomic E-state index is 11.8. The number of nitrogens with one attached hydrogen (secondary N) is 1. The van der Waals surface area contributed by atoms with Crippen molar-refractivity contribution >= 4 is 0 Å². The van der Waals surface area contributed by atoms with Crippen LogP contribution in [0, 0.1) is 0 Å². The van der Waals surface area contributed by atoms with E-state index in [9.17, 15) is 13.9 Å². The standard InChI is InChI=1S/C8H15F2NO/c9-8(10)5-11-6-3-1-2-4-7(6)12/h6-8,11-12H,1-5H2. The SMILES string of the molecule is OC1CCCCC1NCC(F)F. The summed E-state index contributed by atoms with van der Waals surface area (Å²) in [6.45, 7) is -0.304. The monoisotopic (exact) mass is 179 g/mol. The average Bonchev–Trinajstić information content (AvgIpc) is 2.03. The molecule has 1 saturated carbocycles. The molecule has 2 unspecified atom stereocenters. The largest absolute Gasteiger partial charge is 0.392 e. The van der Waals surface area contributed by atoms with Gasteiger partial charge in [-0.1, -0.05) is 12.8 Å². The molecule has 0 spiro atoms. The van der Waals surface area contributed by atoms with Gasteiger partial charge in [0.2, 0.25) is 0 Å². The molecule has 12 heavy (non-hydrogen) atoms. The molecule has 0 saturated heterocycles. The highest BCUT2D eigenvalue weighted by atomic mass is 19.3. The fraction of sp³-hybridized carbons (Fsp3) is 1.00. The summed E-state index contributed by atoms with van der Waals surface area (Å²) in [5, 5.41) is 12.0. The lowest BCUT2D eigenvalue weighted by Crippen LogP contribution is -2.43. The Bertz CT molecular complexity index is 132. The highest BCUT2D eigenvalue weighted by Gasteiger charge is 2.22. The summed E-state index contributed by atoms with van der Waals surface area (Å²) < 4.78 is 23.5. The lowest BCUT2D eigenvalue weighted by Gasteiger charge is -2.28. The van der Waals surface area contributed by atoms with Gasteiger partial charge in [-0.25, -0.2) is 8.78 Å². The van der Waals surface area contributed by atoms with Crippen LogP contribution in [0.15, 0.2) is 0 Å². The molecule has 2 N–H and O–H groups in total. The van der Waals surface area contributed by atoms with Gasteiger partial charge in [0.25, 0.3) is 6.43 Å².